The summed E-state index contributed by atoms with van der Waals surface area (Å²) in [6.07, 6.45) is 1.25. The van der Waals surface area contributed by atoms with E-state index in [0.29, 0.717) is 17.6 Å². The third-order valence-corrected chi connectivity index (χ3v) is 12.1. The van der Waals surface area contributed by atoms with E-state index >= 15 is 0 Å². The minimum atomic E-state index is 0.531. The molecular formula is C58H40N4O2. The maximum atomic E-state index is 6.36. The molecule has 0 atom stereocenters. The molecule has 13 rings (SSSR count). The molecule has 0 aliphatic heterocycles. The highest BCUT2D eigenvalue weighted by atomic mass is 16.3. The second-order valence-electron chi connectivity index (χ2n) is 16.2. The Morgan fingerprint density at radius 3 is 1.75 bits per heavy atom. The van der Waals surface area contributed by atoms with Gasteiger partial charge in [0.15, 0.2) is 11.6 Å². The monoisotopic (exact) mass is 824 g/mol. The molecule has 0 aliphatic rings. The van der Waals surface area contributed by atoms with Crippen LogP contribution in [0.25, 0.3) is 127 Å². The highest BCUT2D eigenvalue weighted by Crippen LogP contribution is 2.43. The maximum absolute atomic E-state index is 6.36. The van der Waals surface area contributed by atoms with Crippen molar-refractivity contribution in [2.24, 2.45) is 0 Å². The van der Waals surface area contributed by atoms with Gasteiger partial charge in [0, 0.05) is 54.4 Å². The molecule has 0 saturated heterocycles. The first-order valence-corrected chi connectivity index (χ1v) is 21.8. The molecule has 6 heteroatoms. The fraction of sp³-hybridized carbons (Fsp3) is 0.0517. The lowest BCUT2D eigenvalue weighted by molar-refractivity contribution is 0.668. The number of fused-ring (bicyclic) bond motifs is 11. The molecular weight excluding hydrogens is 785 g/mol. The van der Waals surface area contributed by atoms with Crippen molar-refractivity contribution in [1.82, 2.24) is 19.5 Å². The molecule has 0 spiro atoms. The van der Waals surface area contributed by atoms with Gasteiger partial charge in [0.05, 0.1) is 11.0 Å². The van der Waals surface area contributed by atoms with Crippen molar-refractivity contribution in [3.8, 4) is 51.0 Å². The molecule has 9 aromatic carbocycles. The van der Waals surface area contributed by atoms with E-state index in [9.17, 15) is 0 Å². The molecule has 0 aliphatic carbocycles. The zero-order chi connectivity index (χ0) is 42.7. The maximum Gasteiger partial charge on any atom is 0.238 e. The van der Waals surface area contributed by atoms with Crippen molar-refractivity contribution in [3.05, 3.63) is 194 Å². The molecule has 4 heterocycles. The Morgan fingerprint density at radius 1 is 0.375 bits per heavy atom. The first kappa shape index (κ1) is 37.4. The Bertz CT molecular complexity index is 3910. The minimum absolute atomic E-state index is 0.531. The molecule has 4 aromatic heterocycles. The van der Waals surface area contributed by atoms with Gasteiger partial charge in [-0.3, -0.25) is 4.57 Å². The number of nitrogens with zero attached hydrogens (tertiary/aromatic N) is 4. The smallest absolute Gasteiger partial charge is 0.238 e. The first-order valence-electron chi connectivity index (χ1n) is 21.8. The van der Waals surface area contributed by atoms with Gasteiger partial charge in [0.1, 0.15) is 22.3 Å². The number of aromatic nitrogens is 4. The first-order chi connectivity index (χ1) is 31.6. The molecule has 304 valence electrons. The van der Waals surface area contributed by atoms with Crippen LogP contribution in [0.4, 0.5) is 0 Å². The Labute approximate surface area is 368 Å². The van der Waals surface area contributed by atoms with Crippen molar-refractivity contribution in [2.75, 3.05) is 0 Å². The molecule has 0 bridgehead atoms. The summed E-state index contributed by atoms with van der Waals surface area (Å²) < 4.78 is 14.9. The normalized spacial score (nSPS) is 11.7. The Balaban J connectivity index is 0.00000141. The number of rotatable bonds is 5. The van der Waals surface area contributed by atoms with Crippen LogP contribution in [0.3, 0.4) is 0 Å². The average Bonchev–Trinajstić information content (AvgIpc) is 4.04. The van der Waals surface area contributed by atoms with Gasteiger partial charge in [-0.2, -0.15) is 9.97 Å². The molecule has 64 heavy (non-hydrogen) atoms. The summed E-state index contributed by atoms with van der Waals surface area (Å²) in [5.41, 5.74) is 11.6. The van der Waals surface area contributed by atoms with E-state index < -0.39 is 0 Å². The van der Waals surface area contributed by atoms with Gasteiger partial charge in [0.25, 0.3) is 0 Å². The highest BCUT2D eigenvalue weighted by Gasteiger charge is 2.23. The van der Waals surface area contributed by atoms with E-state index in [1.165, 1.54) is 6.42 Å². The Morgan fingerprint density at radius 2 is 0.922 bits per heavy atom. The predicted octanol–water partition coefficient (Wildman–Crippen LogP) is 16.0. The minimum Gasteiger partial charge on any atom is -0.456 e. The molecule has 6 nitrogen and oxygen atoms in total. The number of benzene rings is 9. The molecule has 0 fully saturated rings. The lowest BCUT2D eigenvalue weighted by Crippen LogP contribution is -2.07. The summed E-state index contributed by atoms with van der Waals surface area (Å²) in [7, 11) is 0. The van der Waals surface area contributed by atoms with Crippen LogP contribution >= 0.6 is 0 Å². The van der Waals surface area contributed by atoms with E-state index in [2.05, 4.69) is 140 Å². The van der Waals surface area contributed by atoms with Gasteiger partial charge in [-0.15, -0.1) is 0 Å². The second kappa shape index (κ2) is 15.2. The summed E-state index contributed by atoms with van der Waals surface area (Å²) in [5, 5.41) is 8.82. The highest BCUT2D eigenvalue weighted by molar-refractivity contribution is 6.21. The van der Waals surface area contributed by atoms with Crippen LogP contribution < -0.4 is 0 Å². The van der Waals surface area contributed by atoms with Crippen molar-refractivity contribution in [2.45, 2.75) is 20.3 Å². The average molecular weight is 825 g/mol. The lowest BCUT2D eigenvalue weighted by atomic mass is 9.95. The van der Waals surface area contributed by atoms with Crippen LogP contribution in [-0.2, 0) is 0 Å². The van der Waals surface area contributed by atoms with Crippen LogP contribution in [0.1, 0.15) is 20.3 Å². The Hall–Kier alpha value is -8.35. The number of furan rings is 2. The van der Waals surface area contributed by atoms with E-state index in [-0.39, 0.29) is 0 Å². The lowest BCUT2D eigenvalue weighted by Gasteiger charge is -2.14. The van der Waals surface area contributed by atoms with Crippen molar-refractivity contribution >= 4 is 76.5 Å². The van der Waals surface area contributed by atoms with Gasteiger partial charge >= 0.3 is 0 Å². The fourth-order valence-corrected chi connectivity index (χ4v) is 9.30. The molecule has 13 aromatic rings. The summed E-state index contributed by atoms with van der Waals surface area (Å²) in [4.78, 5) is 15.9. The topological polar surface area (TPSA) is 69.9 Å². The number of hydrogen-bond donors (Lipinski definition) is 0. The van der Waals surface area contributed by atoms with Crippen molar-refractivity contribution < 1.29 is 8.83 Å². The number of hydrogen-bond acceptors (Lipinski definition) is 5. The standard InChI is InChI=1S/C55H32N4O2.C3H8/c1-2-14-34(15-3-1)53-56-54(37-28-29-42-41-19-6-8-24-46(41)61-49(42)32-37)58-55(57-53)59-51-39-18-5-4-13-33(39)27-30-44(51)43-23-11-22-40(52(43)59)36-17-10-16-35(31-36)38-21-12-26-48-50(38)45-20-7-9-25-47(45)60-48;1-3-2/h1-32H;3H2,1-2H3. The zero-order valence-corrected chi connectivity index (χ0v) is 35.3. The second-order valence-corrected chi connectivity index (χ2v) is 16.2. The van der Waals surface area contributed by atoms with Gasteiger partial charge < -0.3 is 8.83 Å². The van der Waals surface area contributed by atoms with Crippen molar-refractivity contribution in [1.29, 1.82) is 0 Å². The van der Waals surface area contributed by atoms with Crippen LogP contribution in [0.5, 0.6) is 0 Å². The molecule has 0 saturated carbocycles. The van der Waals surface area contributed by atoms with Crippen LogP contribution in [0.15, 0.2) is 203 Å². The van der Waals surface area contributed by atoms with E-state index in [4.69, 9.17) is 23.8 Å². The quantitative estimate of drug-likeness (QED) is 0.173. The van der Waals surface area contributed by atoms with Gasteiger partial charge in [-0.05, 0) is 58.5 Å². The third-order valence-electron chi connectivity index (χ3n) is 12.1. The van der Waals surface area contributed by atoms with Crippen molar-refractivity contribution in [3.63, 3.8) is 0 Å². The molecule has 0 amide bonds. The molecule has 0 radical (unpaired) electrons. The van der Waals surface area contributed by atoms with Gasteiger partial charge in [-0.25, -0.2) is 4.98 Å². The predicted molar refractivity (Wildman–Crippen MR) is 264 cm³/mol. The van der Waals surface area contributed by atoms with Crippen LogP contribution in [-0.4, -0.2) is 19.5 Å². The van der Waals surface area contributed by atoms with E-state index in [1.54, 1.807) is 0 Å². The van der Waals surface area contributed by atoms with Gasteiger partial charge in [-0.1, -0.05) is 178 Å². The van der Waals surface area contributed by atoms with E-state index in [0.717, 1.165) is 110 Å². The number of para-hydroxylation sites is 3. The van der Waals surface area contributed by atoms with Gasteiger partial charge in [0.2, 0.25) is 5.95 Å². The van der Waals surface area contributed by atoms with Crippen LogP contribution in [0, 0.1) is 0 Å². The fourth-order valence-electron chi connectivity index (χ4n) is 9.30. The summed E-state index contributed by atoms with van der Waals surface area (Å²) in [6, 6.07) is 67.5. The summed E-state index contributed by atoms with van der Waals surface area (Å²) in [6.45, 7) is 4.25. The third kappa shape index (κ3) is 6.06. The Kier molecular flexibility index (Phi) is 8.90. The van der Waals surface area contributed by atoms with E-state index in [1.807, 2.05) is 72.8 Å². The molecule has 0 N–H and O–H groups in total. The molecule has 0 unspecified atom stereocenters. The SMILES string of the molecule is CCC.c1ccc(-c2nc(-c3ccc4c(c3)oc3ccccc34)nc(-n3c4c(-c5cccc(-c6cccc7oc8ccccc8c67)c5)cccc4c4ccc5ccccc5c43)n2)cc1. The largest absolute Gasteiger partial charge is 0.456 e. The zero-order valence-electron chi connectivity index (χ0n) is 35.3. The summed E-state index contributed by atoms with van der Waals surface area (Å²) in [5.74, 6) is 1.67. The van der Waals surface area contributed by atoms with Crippen LogP contribution in [0.2, 0.25) is 0 Å². The summed E-state index contributed by atoms with van der Waals surface area (Å²) >= 11 is 0.